The summed E-state index contributed by atoms with van der Waals surface area (Å²) in [6.07, 6.45) is 1.32. The third-order valence-corrected chi connectivity index (χ3v) is 4.55. The number of aliphatic imine (C=N–C) groups is 1. The molecule has 0 bridgehead atoms. The maximum absolute atomic E-state index is 13.1. The van der Waals surface area contributed by atoms with Gasteiger partial charge in [0.05, 0.1) is 37.6 Å². The summed E-state index contributed by atoms with van der Waals surface area (Å²) < 4.78 is 37.3. The van der Waals surface area contributed by atoms with E-state index in [1.807, 2.05) is 25.1 Å². The molecule has 0 amide bonds. The lowest BCUT2D eigenvalue weighted by atomic mass is 10.0. The Kier molecular flexibility index (Phi) is 4.51. The van der Waals surface area contributed by atoms with Crippen molar-refractivity contribution in [3.8, 4) is 5.75 Å². The van der Waals surface area contributed by atoms with Crippen molar-refractivity contribution in [3.05, 3.63) is 47.4 Å². The first kappa shape index (κ1) is 17.8. The molecule has 2 aromatic rings. The Morgan fingerprint density at radius 3 is 2.78 bits per heavy atom. The summed E-state index contributed by atoms with van der Waals surface area (Å²) >= 11 is 0. The summed E-state index contributed by atoms with van der Waals surface area (Å²) in [5, 5.41) is 0. The number of ether oxygens (including phenoxy) is 2. The first-order chi connectivity index (χ1) is 12.9. The molecule has 8 heteroatoms. The van der Waals surface area contributed by atoms with E-state index >= 15 is 0 Å². The Morgan fingerprint density at radius 2 is 2.04 bits per heavy atom. The second kappa shape index (κ2) is 6.84. The number of benzene rings is 1. The molecule has 0 unspecified atom stereocenters. The first-order valence-corrected chi connectivity index (χ1v) is 8.74. The Bertz CT molecular complexity index is 880. The van der Waals surface area contributed by atoms with Gasteiger partial charge >= 0.3 is 0 Å². The lowest BCUT2D eigenvalue weighted by Crippen LogP contribution is -2.56. The van der Waals surface area contributed by atoms with E-state index < -0.39 is 5.92 Å². The summed E-state index contributed by atoms with van der Waals surface area (Å²) in [7, 11) is 1.63. The van der Waals surface area contributed by atoms with Crippen LogP contribution in [-0.4, -0.2) is 54.5 Å². The van der Waals surface area contributed by atoms with Crippen molar-refractivity contribution >= 4 is 11.5 Å². The summed E-state index contributed by atoms with van der Waals surface area (Å²) in [6, 6.07) is 7.55. The summed E-state index contributed by atoms with van der Waals surface area (Å²) in [5.74, 6) is -1.43. The highest BCUT2D eigenvalue weighted by atomic mass is 19.3. The minimum absolute atomic E-state index is 0.0754. The van der Waals surface area contributed by atoms with Crippen molar-refractivity contribution in [1.82, 2.24) is 9.97 Å². The van der Waals surface area contributed by atoms with Crippen molar-refractivity contribution in [2.45, 2.75) is 25.5 Å². The zero-order chi connectivity index (χ0) is 19.0. The molecule has 4 rings (SSSR count). The summed E-state index contributed by atoms with van der Waals surface area (Å²) in [6.45, 7) is 2.35. The summed E-state index contributed by atoms with van der Waals surface area (Å²) in [5.41, 5.74) is 3.37. The molecule has 0 radical (unpaired) electrons. The van der Waals surface area contributed by atoms with E-state index in [2.05, 4.69) is 15.0 Å². The number of nitrogens with zero attached hydrogens (tertiary/aromatic N) is 4. The molecule has 6 nitrogen and oxygen atoms in total. The van der Waals surface area contributed by atoms with Crippen molar-refractivity contribution in [2.24, 2.45) is 4.99 Å². The van der Waals surface area contributed by atoms with Gasteiger partial charge in [-0.05, 0) is 24.6 Å². The van der Waals surface area contributed by atoms with Gasteiger partial charge < -0.3 is 14.4 Å². The quantitative estimate of drug-likeness (QED) is 0.778. The fourth-order valence-electron chi connectivity index (χ4n) is 3.28. The van der Waals surface area contributed by atoms with Crippen LogP contribution in [0.4, 0.5) is 14.6 Å². The smallest absolute Gasteiger partial charge is 0.282 e. The largest absolute Gasteiger partial charge is 0.488 e. The molecule has 27 heavy (non-hydrogen) atoms. The third kappa shape index (κ3) is 3.62. The maximum Gasteiger partial charge on any atom is 0.282 e. The summed E-state index contributed by atoms with van der Waals surface area (Å²) in [4.78, 5) is 14.5. The van der Waals surface area contributed by atoms with Crippen LogP contribution in [0, 0.1) is 0 Å². The normalized spacial score (nSPS) is 18.5. The highest BCUT2D eigenvalue weighted by Crippen LogP contribution is 2.32. The third-order valence-electron chi connectivity index (χ3n) is 4.55. The van der Waals surface area contributed by atoms with E-state index in [0.717, 1.165) is 22.6 Å². The molecule has 1 atom stereocenters. The number of methoxy groups -OCH3 is 1. The number of aromatic nitrogens is 2. The molecule has 2 aliphatic heterocycles. The van der Waals surface area contributed by atoms with Gasteiger partial charge in [-0.25, -0.2) is 18.7 Å². The number of rotatable bonds is 6. The van der Waals surface area contributed by atoms with Gasteiger partial charge in [-0.2, -0.15) is 0 Å². The number of halogens is 2. The van der Waals surface area contributed by atoms with E-state index in [0.29, 0.717) is 24.7 Å². The molecule has 0 saturated carbocycles. The van der Waals surface area contributed by atoms with Gasteiger partial charge in [0.15, 0.2) is 0 Å². The minimum atomic E-state index is -2.65. The van der Waals surface area contributed by atoms with Crippen molar-refractivity contribution in [3.63, 3.8) is 0 Å². The van der Waals surface area contributed by atoms with Gasteiger partial charge in [0.1, 0.15) is 24.0 Å². The Balaban J connectivity index is 1.57. The van der Waals surface area contributed by atoms with E-state index in [-0.39, 0.29) is 19.2 Å². The number of fused-ring (bicyclic) bond motifs is 1. The van der Waals surface area contributed by atoms with Gasteiger partial charge in [0, 0.05) is 18.7 Å². The van der Waals surface area contributed by atoms with Crippen LogP contribution in [0.5, 0.6) is 5.75 Å². The Morgan fingerprint density at radius 1 is 1.22 bits per heavy atom. The van der Waals surface area contributed by atoms with Crippen LogP contribution in [0.1, 0.15) is 23.7 Å². The van der Waals surface area contributed by atoms with Crippen molar-refractivity contribution in [2.75, 3.05) is 31.7 Å². The second-order valence-electron chi connectivity index (χ2n) is 6.84. The lowest BCUT2D eigenvalue weighted by Gasteiger charge is -2.39. The van der Waals surface area contributed by atoms with Crippen molar-refractivity contribution < 1.29 is 18.3 Å². The highest BCUT2D eigenvalue weighted by molar-refractivity contribution is 6.14. The fourth-order valence-corrected chi connectivity index (χ4v) is 3.28. The zero-order valence-corrected chi connectivity index (χ0v) is 15.2. The Hall–Kier alpha value is -2.61. The molecule has 1 aromatic carbocycles. The molecule has 1 aromatic heterocycles. The van der Waals surface area contributed by atoms with Crippen LogP contribution in [0.25, 0.3) is 0 Å². The molecule has 1 saturated heterocycles. The standard InChI is InChI=1S/C19H20F2N4O2/c1-12(8-26-2)27-14-4-3-13-7-22-18(15(13)5-14)16-6-17(24-11-23-16)25-9-19(20,21)10-25/h3-6,11-12H,7-10H2,1-2H3/t12-/m0/s1. The maximum atomic E-state index is 13.1. The zero-order valence-electron chi connectivity index (χ0n) is 15.2. The molecule has 2 aliphatic rings. The van der Waals surface area contributed by atoms with Crippen LogP contribution < -0.4 is 9.64 Å². The van der Waals surface area contributed by atoms with Gasteiger partial charge in [0.2, 0.25) is 0 Å². The van der Waals surface area contributed by atoms with E-state index in [9.17, 15) is 8.78 Å². The topological polar surface area (TPSA) is 59.8 Å². The molecule has 0 N–H and O–H groups in total. The van der Waals surface area contributed by atoms with Gasteiger partial charge in [-0.3, -0.25) is 4.99 Å². The number of anilines is 1. The predicted molar refractivity (Wildman–Crippen MR) is 96.9 cm³/mol. The van der Waals surface area contributed by atoms with Crippen LogP contribution in [0.2, 0.25) is 0 Å². The lowest BCUT2D eigenvalue weighted by molar-refractivity contribution is -0.0267. The van der Waals surface area contributed by atoms with E-state index in [4.69, 9.17) is 9.47 Å². The average molecular weight is 374 g/mol. The van der Waals surface area contributed by atoms with Gasteiger partial charge in [-0.1, -0.05) is 6.07 Å². The predicted octanol–water partition coefficient (Wildman–Crippen LogP) is 2.70. The molecular formula is C19H20F2N4O2. The number of alkyl halides is 2. The molecule has 0 spiro atoms. The highest BCUT2D eigenvalue weighted by Gasteiger charge is 2.44. The SMILES string of the molecule is COC[C@H](C)Oc1ccc2c(c1)C(c1cc(N3CC(F)(F)C3)ncn1)=NC2. The minimum Gasteiger partial charge on any atom is -0.488 e. The van der Waals surface area contributed by atoms with E-state index in [1.54, 1.807) is 13.2 Å². The molecular weight excluding hydrogens is 354 g/mol. The number of hydrogen-bond acceptors (Lipinski definition) is 6. The van der Waals surface area contributed by atoms with E-state index in [1.165, 1.54) is 11.2 Å². The Labute approximate surface area is 155 Å². The van der Waals surface area contributed by atoms with Crippen molar-refractivity contribution in [1.29, 1.82) is 0 Å². The average Bonchev–Trinajstić information content (AvgIpc) is 3.03. The monoisotopic (exact) mass is 374 g/mol. The number of hydrogen-bond donors (Lipinski definition) is 0. The molecule has 1 fully saturated rings. The van der Waals surface area contributed by atoms with Crippen LogP contribution in [0.15, 0.2) is 35.6 Å². The van der Waals surface area contributed by atoms with Crippen LogP contribution in [-0.2, 0) is 11.3 Å². The second-order valence-corrected chi connectivity index (χ2v) is 6.84. The van der Waals surface area contributed by atoms with Gasteiger partial charge in [0.25, 0.3) is 5.92 Å². The molecule has 142 valence electrons. The van der Waals surface area contributed by atoms with Crippen LogP contribution >= 0.6 is 0 Å². The van der Waals surface area contributed by atoms with Gasteiger partial charge in [-0.15, -0.1) is 0 Å². The fraction of sp³-hybridized carbons (Fsp3) is 0.421. The molecule has 3 heterocycles. The molecule has 0 aliphatic carbocycles. The first-order valence-electron chi connectivity index (χ1n) is 8.74. The van der Waals surface area contributed by atoms with Crippen LogP contribution in [0.3, 0.4) is 0 Å².